The summed E-state index contributed by atoms with van der Waals surface area (Å²) < 4.78 is 0. The molecule has 1 saturated carbocycles. The summed E-state index contributed by atoms with van der Waals surface area (Å²) >= 11 is 1.44. The molecule has 1 fully saturated rings. The summed E-state index contributed by atoms with van der Waals surface area (Å²) in [6, 6.07) is 0. The maximum atomic E-state index is 11.9. The Morgan fingerprint density at radius 2 is 2.11 bits per heavy atom. The van der Waals surface area contributed by atoms with Crippen molar-refractivity contribution in [2.24, 2.45) is 11.7 Å². The minimum Gasteiger partial charge on any atom is -0.365 e. The average Bonchev–Trinajstić information content (AvgIpc) is 2.51. The Morgan fingerprint density at radius 1 is 1.44 bits per heavy atom. The van der Waals surface area contributed by atoms with Gasteiger partial charge in [0.1, 0.15) is 5.00 Å². The lowest BCUT2D eigenvalue weighted by atomic mass is 9.85. The largest absolute Gasteiger partial charge is 0.365 e. The molecule has 0 atom stereocenters. The number of thiophene rings is 1. The minimum absolute atomic E-state index is 0.0210. The van der Waals surface area contributed by atoms with E-state index in [0.717, 1.165) is 36.1 Å². The summed E-state index contributed by atoms with van der Waals surface area (Å²) in [6.07, 6.45) is 3.76. The number of anilines is 1. The van der Waals surface area contributed by atoms with Crippen LogP contribution in [0.4, 0.5) is 5.00 Å². The third kappa shape index (κ3) is 2.27. The second kappa shape index (κ2) is 5.10. The third-order valence-electron chi connectivity index (χ3n) is 3.52. The minimum atomic E-state index is -0.458. The number of nitrogens with one attached hydrogen (secondary N) is 1. The molecule has 0 spiro atoms. The Labute approximate surface area is 111 Å². The van der Waals surface area contributed by atoms with E-state index >= 15 is 0 Å². The Kier molecular flexibility index (Phi) is 3.71. The van der Waals surface area contributed by atoms with Gasteiger partial charge in [0.05, 0.1) is 5.56 Å². The van der Waals surface area contributed by atoms with Gasteiger partial charge in [-0.05, 0) is 31.7 Å². The highest BCUT2D eigenvalue weighted by Gasteiger charge is 2.27. The molecule has 1 aliphatic carbocycles. The summed E-state index contributed by atoms with van der Waals surface area (Å²) in [5.41, 5.74) is 6.87. The molecule has 18 heavy (non-hydrogen) atoms. The second-order valence-electron chi connectivity index (χ2n) is 4.68. The van der Waals surface area contributed by atoms with E-state index in [4.69, 9.17) is 5.73 Å². The topological polar surface area (TPSA) is 72.2 Å². The SMILES string of the molecule is CCc1c(C)sc(NC(=O)C2CCC2)c1C(N)=O. The van der Waals surface area contributed by atoms with Gasteiger partial charge >= 0.3 is 0 Å². The highest BCUT2D eigenvalue weighted by molar-refractivity contribution is 7.16. The molecule has 1 heterocycles. The van der Waals surface area contributed by atoms with Crippen LogP contribution in [0.2, 0.25) is 0 Å². The number of hydrogen-bond acceptors (Lipinski definition) is 3. The van der Waals surface area contributed by atoms with Crippen molar-refractivity contribution >= 4 is 28.2 Å². The van der Waals surface area contributed by atoms with Gasteiger partial charge in [0.15, 0.2) is 0 Å². The van der Waals surface area contributed by atoms with Gasteiger partial charge in [0, 0.05) is 10.8 Å². The quantitative estimate of drug-likeness (QED) is 0.878. The highest BCUT2D eigenvalue weighted by Crippen LogP contribution is 2.35. The van der Waals surface area contributed by atoms with Crippen LogP contribution in [-0.4, -0.2) is 11.8 Å². The van der Waals surface area contributed by atoms with Crippen molar-refractivity contribution in [2.75, 3.05) is 5.32 Å². The van der Waals surface area contributed by atoms with Crippen LogP contribution < -0.4 is 11.1 Å². The Hall–Kier alpha value is -1.36. The molecular weight excluding hydrogens is 248 g/mol. The molecule has 0 bridgehead atoms. The Balaban J connectivity index is 2.26. The van der Waals surface area contributed by atoms with Crippen LogP contribution in [0.1, 0.15) is 47.0 Å². The standard InChI is InChI=1S/C13H18N2O2S/c1-3-9-7(2)18-13(10(9)11(14)16)15-12(17)8-5-4-6-8/h8H,3-6H2,1-2H3,(H2,14,16)(H,15,17). The zero-order valence-electron chi connectivity index (χ0n) is 10.7. The number of carbonyl (C=O) groups is 2. The van der Waals surface area contributed by atoms with Crippen LogP contribution >= 0.6 is 11.3 Å². The van der Waals surface area contributed by atoms with Crippen molar-refractivity contribution < 1.29 is 9.59 Å². The lowest BCUT2D eigenvalue weighted by Gasteiger charge is -2.23. The summed E-state index contributed by atoms with van der Waals surface area (Å²) in [6.45, 7) is 3.94. The molecule has 1 aliphatic rings. The van der Waals surface area contributed by atoms with Gasteiger partial charge in [0.25, 0.3) is 5.91 Å². The maximum Gasteiger partial charge on any atom is 0.251 e. The molecule has 0 radical (unpaired) electrons. The third-order valence-corrected chi connectivity index (χ3v) is 4.58. The molecule has 2 rings (SSSR count). The van der Waals surface area contributed by atoms with Gasteiger partial charge in [-0.15, -0.1) is 11.3 Å². The summed E-state index contributed by atoms with van der Waals surface area (Å²) in [7, 11) is 0. The number of nitrogens with two attached hydrogens (primary N) is 1. The molecule has 0 unspecified atom stereocenters. The molecule has 0 saturated heterocycles. The van der Waals surface area contributed by atoms with E-state index in [1.165, 1.54) is 11.3 Å². The zero-order chi connectivity index (χ0) is 13.3. The van der Waals surface area contributed by atoms with E-state index in [2.05, 4.69) is 5.32 Å². The van der Waals surface area contributed by atoms with Crippen molar-refractivity contribution in [1.82, 2.24) is 0 Å². The maximum absolute atomic E-state index is 11.9. The lowest BCUT2D eigenvalue weighted by molar-refractivity contribution is -0.122. The first-order valence-corrected chi connectivity index (χ1v) is 7.09. The smallest absolute Gasteiger partial charge is 0.251 e. The van der Waals surface area contributed by atoms with Crippen molar-refractivity contribution in [3.8, 4) is 0 Å². The number of hydrogen-bond donors (Lipinski definition) is 2. The van der Waals surface area contributed by atoms with Gasteiger partial charge < -0.3 is 11.1 Å². The van der Waals surface area contributed by atoms with Gasteiger partial charge in [-0.3, -0.25) is 9.59 Å². The molecule has 0 aliphatic heterocycles. The van der Waals surface area contributed by atoms with Gasteiger partial charge in [-0.1, -0.05) is 13.3 Å². The highest BCUT2D eigenvalue weighted by atomic mass is 32.1. The van der Waals surface area contributed by atoms with Crippen LogP contribution in [0.15, 0.2) is 0 Å². The zero-order valence-corrected chi connectivity index (χ0v) is 11.5. The first kappa shape index (κ1) is 13.1. The van der Waals surface area contributed by atoms with Crippen molar-refractivity contribution in [2.45, 2.75) is 39.5 Å². The normalized spacial score (nSPS) is 15.2. The first-order chi connectivity index (χ1) is 8.54. The summed E-state index contributed by atoms with van der Waals surface area (Å²) in [4.78, 5) is 24.5. The van der Waals surface area contributed by atoms with Crippen molar-refractivity contribution in [3.63, 3.8) is 0 Å². The van der Waals surface area contributed by atoms with Crippen molar-refractivity contribution in [1.29, 1.82) is 0 Å². The van der Waals surface area contributed by atoms with Crippen LogP contribution in [0, 0.1) is 12.8 Å². The van der Waals surface area contributed by atoms with Crippen molar-refractivity contribution in [3.05, 3.63) is 16.0 Å². The first-order valence-electron chi connectivity index (χ1n) is 6.27. The summed E-state index contributed by atoms with van der Waals surface area (Å²) in [5.74, 6) is -0.328. The van der Waals surface area contributed by atoms with Crippen LogP contribution in [0.3, 0.4) is 0 Å². The molecule has 2 amide bonds. The Bertz CT molecular complexity index is 489. The molecule has 3 N–H and O–H groups in total. The monoisotopic (exact) mass is 266 g/mol. The number of amides is 2. The molecule has 1 aromatic rings. The fourth-order valence-electron chi connectivity index (χ4n) is 2.24. The van der Waals surface area contributed by atoms with E-state index in [1.54, 1.807) is 0 Å². The summed E-state index contributed by atoms with van der Waals surface area (Å²) in [5, 5.41) is 3.49. The van der Waals surface area contributed by atoms with Crippen LogP contribution in [0.25, 0.3) is 0 Å². The number of rotatable bonds is 4. The average molecular weight is 266 g/mol. The van der Waals surface area contributed by atoms with E-state index < -0.39 is 5.91 Å². The predicted octanol–water partition coefficient (Wildman–Crippen LogP) is 2.46. The number of primary amides is 1. The number of aryl methyl sites for hydroxylation is 1. The fourth-order valence-corrected chi connectivity index (χ4v) is 3.39. The molecule has 98 valence electrons. The molecule has 5 heteroatoms. The van der Waals surface area contributed by atoms with Gasteiger partial charge in [-0.2, -0.15) is 0 Å². The van der Waals surface area contributed by atoms with Crippen LogP contribution in [0.5, 0.6) is 0 Å². The van der Waals surface area contributed by atoms with E-state index in [-0.39, 0.29) is 11.8 Å². The molecular formula is C13H18N2O2S. The molecule has 0 aromatic carbocycles. The molecule has 1 aromatic heterocycles. The van der Waals surface area contributed by atoms with E-state index in [9.17, 15) is 9.59 Å². The number of carbonyl (C=O) groups excluding carboxylic acids is 2. The van der Waals surface area contributed by atoms with E-state index in [0.29, 0.717) is 10.6 Å². The molecule has 4 nitrogen and oxygen atoms in total. The lowest BCUT2D eigenvalue weighted by Crippen LogP contribution is -2.28. The second-order valence-corrected chi connectivity index (χ2v) is 5.90. The van der Waals surface area contributed by atoms with Gasteiger partial charge in [0.2, 0.25) is 5.91 Å². The fraction of sp³-hybridized carbons (Fsp3) is 0.538. The Morgan fingerprint density at radius 3 is 2.56 bits per heavy atom. The van der Waals surface area contributed by atoms with E-state index in [1.807, 2.05) is 13.8 Å². The predicted molar refractivity (Wildman–Crippen MR) is 72.9 cm³/mol. The van der Waals surface area contributed by atoms with Gasteiger partial charge in [-0.25, -0.2) is 0 Å². The van der Waals surface area contributed by atoms with Crippen LogP contribution in [-0.2, 0) is 11.2 Å².